The summed E-state index contributed by atoms with van der Waals surface area (Å²) in [4.78, 5) is 11.5. The Kier molecular flexibility index (Phi) is 5.30. The summed E-state index contributed by atoms with van der Waals surface area (Å²) in [5, 5.41) is 3.38. The molecule has 0 saturated heterocycles. The van der Waals surface area contributed by atoms with Gasteiger partial charge < -0.3 is 5.32 Å². The minimum absolute atomic E-state index is 0.0908. The summed E-state index contributed by atoms with van der Waals surface area (Å²) in [7, 11) is 0. The van der Waals surface area contributed by atoms with Crippen LogP contribution in [0.2, 0.25) is 0 Å². The van der Waals surface area contributed by atoms with Crippen LogP contribution in [0.4, 0.5) is 0 Å². The molecule has 0 spiro atoms. The Hall–Kier alpha value is -0.370. The van der Waals surface area contributed by atoms with E-state index in [0.717, 1.165) is 12.3 Å². The molecule has 1 atom stereocenters. The molecule has 1 saturated carbocycles. The van der Waals surface area contributed by atoms with E-state index in [1.807, 2.05) is 0 Å². The van der Waals surface area contributed by atoms with Crippen LogP contribution in [0.3, 0.4) is 0 Å². The van der Waals surface area contributed by atoms with Crippen LogP contribution in [0, 0.1) is 5.92 Å². The second-order valence-corrected chi connectivity index (χ2v) is 5.22. The van der Waals surface area contributed by atoms with Crippen molar-refractivity contribution in [1.29, 1.82) is 0 Å². The van der Waals surface area contributed by atoms with Gasteiger partial charge in [0, 0.05) is 6.04 Å². The van der Waals surface area contributed by atoms with Crippen LogP contribution in [-0.4, -0.2) is 17.9 Å². The SMILES string of the molecule is CC(=O)C(CC1CCCCC1)NC(C)C. The Balaban J connectivity index is 2.38. The van der Waals surface area contributed by atoms with E-state index in [9.17, 15) is 4.79 Å². The van der Waals surface area contributed by atoms with Gasteiger partial charge in [-0.05, 0) is 19.3 Å². The lowest BCUT2D eigenvalue weighted by Crippen LogP contribution is -2.41. The van der Waals surface area contributed by atoms with Gasteiger partial charge in [0.2, 0.25) is 0 Å². The Labute approximate surface area is 93.8 Å². The topological polar surface area (TPSA) is 29.1 Å². The minimum Gasteiger partial charge on any atom is -0.305 e. The van der Waals surface area contributed by atoms with Gasteiger partial charge in [0.05, 0.1) is 6.04 Å². The van der Waals surface area contributed by atoms with Crippen LogP contribution in [-0.2, 0) is 4.79 Å². The lowest BCUT2D eigenvalue weighted by Gasteiger charge is -2.27. The average molecular weight is 211 g/mol. The molecule has 0 aromatic carbocycles. The van der Waals surface area contributed by atoms with Crippen molar-refractivity contribution in [3.05, 3.63) is 0 Å². The third-order valence-electron chi connectivity index (χ3n) is 3.32. The summed E-state index contributed by atoms with van der Waals surface area (Å²) < 4.78 is 0. The lowest BCUT2D eigenvalue weighted by molar-refractivity contribution is -0.119. The van der Waals surface area contributed by atoms with Gasteiger partial charge in [-0.15, -0.1) is 0 Å². The maximum absolute atomic E-state index is 11.5. The number of nitrogens with one attached hydrogen (secondary N) is 1. The van der Waals surface area contributed by atoms with Crippen molar-refractivity contribution in [2.24, 2.45) is 5.92 Å². The van der Waals surface area contributed by atoms with Crippen LogP contribution < -0.4 is 5.32 Å². The molecule has 1 fully saturated rings. The van der Waals surface area contributed by atoms with Crippen molar-refractivity contribution in [3.63, 3.8) is 0 Å². The van der Waals surface area contributed by atoms with Crippen LogP contribution in [0.1, 0.15) is 59.3 Å². The van der Waals surface area contributed by atoms with E-state index in [-0.39, 0.29) is 6.04 Å². The molecule has 0 aromatic heterocycles. The zero-order chi connectivity index (χ0) is 11.3. The van der Waals surface area contributed by atoms with E-state index in [2.05, 4.69) is 19.2 Å². The van der Waals surface area contributed by atoms with Gasteiger partial charge in [-0.25, -0.2) is 0 Å². The quantitative estimate of drug-likeness (QED) is 0.757. The van der Waals surface area contributed by atoms with E-state index < -0.39 is 0 Å². The number of carbonyl (C=O) groups excluding carboxylic acids is 1. The van der Waals surface area contributed by atoms with E-state index >= 15 is 0 Å². The highest BCUT2D eigenvalue weighted by Gasteiger charge is 2.21. The van der Waals surface area contributed by atoms with Gasteiger partial charge in [-0.2, -0.15) is 0 Å². The number of Topliss-reactive ketones (excluding diaryl/α,β-unsaturated/α-hetero) is 1. The molecule has 0 aromatic rings. The predicted octanol–water partition coefficient (Wildman–Crippen LogP) is 2.91. The highest BCUT2D eigenvalue weighted by molar-refractivity contribution is 5.81. The van der Waals surface area contributed by atoms with Crippen LogP contribution >= 0.6 is 0 Å². The smallest absolute Gasteiger partial charge is 0.146 e. The van der Waals surface area contributed by atoms with E-state index in [4.69, 9.17) is 0 Å². The molecule has 88 valence electrons. The fourth-order valence-electron chi connectivity index (χ4n) is 2.51. The molecular weight excluding hydrogens is 186 g/mol. The van der Waals surface area contributed by atoms with Gasteiger partial charge in [0.1, 0.15) is 5.78 Å². The van der Waals surface area contributed by atoms with Crippen molar-refractivity contribution >= 4 is 5.78 Å². The number of carbonyl (C=O) groups is 1. The summed E-state index contributed by atoms with van der Waals surface area (Å²) >= 11 is 0. The van der Waals surface area contributed by atoms with Crippen molar-refractivity contribution in [2.75, 3.05) is 0 Å². The molecule has 1 unspecified atom stereocenters. The van der Waals surface area contributed by atoms with Crippen molar-refractivity contribution < 1.29 is 4.79 Å². The molecule has 1 N–H and O–H groups in total. The Morgan fingerprint density at radius 3 is 2.33 bits per heavy atom. The zero-order valence-corrected chi connectivity index (χ0v) is 10.4. The molecular formula is C13H25NO. The lowest BCUT2D eigenvalue weighted by atomic mass is 9.84. The summed E-state index contributed by atoms with van der Waals surface area (Å²) in [6.45, 7) is 5.93. The molecule has 15 heavy (non-hydrogen) atoms. The first-order valence-corrected chi connectivity index (χ1v) is 6.36. The summed E-state index contributed by atoms with van der Waals surface area (Å²) in [5.41, 5.74) is 0. The van der Waals surface area contributed by atoms with Crippen LogP contribution in [0.5, 0.6) is 0 Å². The average Bonchev–Trinajstić information content (AvgIpc) is 2.17. The summed E-state index contributed by atoms with van der Waals surface area (Å²) in [6.07, 6.45) is 7.80. The molecule has 0 heterocycles. The molecule has 0 aliphatic heterocycles. The Bertz CT molecular complexity index is 195. The van der Waals surface area contributed by atoms with E-state index in [0.29, 0.717) is 11.8 Å². The number of hydrogen-bond acceptors (Lipinski definition) is 2. The highest BCUT2D eigenvalue weighted by atomic mass is 16.1. The molecule has 0 radical (unpaired) electrons. The molecule has 0 amide bonds. The maximum Gasteiger partial charge on any atom is 0.146 e. The first-order valence-electron chi connectivity index (χ1n) is 6.36. The fourth-order valence-corrected chi connectivity index (χ4v) is 2.51. The molecule has 1 aliphatic carbocycles. The second-order valence-electron chi connectivity index (χ2n) is 5.22. The molecule has 1 aliphatic rings. The maximum atomic E-state index is 11.5. The number of hydrogen-bond donors (Lipinski definition) is 1. The second kappa shape index (κ2) is 6.26. The highest BCUT2D eigenvalue weighted by Crippen LogP contribution is 2.27. The monoisotopic (exact) mass is 211 g/mol. The van der Waals surface area contributed by atoms with Gasteiger partial charge in [-0.3, -0.25) is 4.79 Å². The van der Waals surface area contributed by atoms with E-state index in [1.54, 1.807) is 6.92 Å². The zero-order valence-electron chi connectivity index (χ0n) is 10.4. The molecule has 0 bridgehead atoms. The standard InChI is InChI=1S/C13H25NO/c1-10(2)14-13(11(3)15)9-12-7-5-4-6-8-12/h10,12-14H,4-9H2,1-3H3. The fraction of sp³-hybridized carbons (Fsp3) is 0.923. The van der Waals surface area contributed by atoms with Gasteiger partial charge in [-0.1, -0.05) is 46.0 Å². The largest absolute Gasteiger partial charge is 0.305 e. The van der Waals surface area contributed by atoms with Gasteiger partial charge in [0.25, 0.3) is 0 Å². The minimum atomic E-state index is 0.0908. The molecule has 2 heteroatoms. The van der Waals surface area contributed by atoms with Crippen molar-refractivity contribution in [3.8, 4) is 0 Å². The molecule has 1 rings (SSSR count). The van der Waals surface area contributed by atoms with Gasteiger partial charge >= 0.3 is 0 Å². The predicted molar refractivity (Wildman–Crippen MR) is 63.9 cm³/mol. The number of ketones is 1. The summed E-state index contributed by atoms with van der Waals surface area (Å²) in [5.74, 6) is 1.08. The van der Waals surface area contributed by atoms with Crippen LogP contribution in [0.25, 0.3) is 0 Å². The summed E-state index contributed by atoms with van der Waals surface area (Å²) in [6, 6.07) is 0.496. The van der Waals surface area contributed by atoms with Crippen molar-refractivity contribution in [2.45, 2.75) is 71.4 Å². The third kappa shape index (κ3) is 4.78. The number of rotatable bonds is 5. The third-order valence-corrected chi connectivity index (χ3v) is 3.32. The Morgan fingerprint density at radius 1 is 1.27 bits per heavy atom. The van der Waals surface area contributed by atoms with E-state index in [1.165, 1.54) is 32.1 Å². The normalized spacial score (nSPS) is 20.5. The van der Waals surface area contributed by atoms with Gasteiger partial charge in [0.15, 0.2) is 0 Å². The van der Waals surface area contributed by atoms with Crippen molar-refractivity contribution in [1.82, 2.24) is 5.32 Å². The first-order chi connectivity index (χ1) is 7.09. The first kappa shape index (κ1) is 12.7. The Morgan fingerprint density at radius 2 is 1.87 bits per heavy atom. The van der Waals surface area contributed by atoms with Crippen LogP contribution in [0.15, 0.2) is 0 Å². The molecule has 2 nitrogen and oxygen atoms in total.